The highest BCUT2D eigenvalue weighted by Gasteiger charge is 2.24. The predicted molar refractivity (Wildman–Crippen MR) is 114 cm³/mol. The van der Waals surface area contributed by atoms with Gasteiger partial charge in [0.15, 0.2) is 0 Å². The molecular weight excluding hydrogens is 400 g/mol. The topological polar surface area (TPSA) is 68.7 Å². The van der Waals surface area contributed by atoms with Crippen molar-refractivity contribution in [3.05, 3.63) is 83.1 Å². The molecule has 4 rings (SSSR count). The molecule has 0 bridgehead atoms. The summed E-state index contributed by atoms with van der Waals surface area (Å²) < 4.78 is 16.4. The maximum Gasteiger partial charge on any atom is 0.266 e. The van der Waals surface area contributed by atoms with E-state index in [1.54, 1.807) is 17.4 Å². The third-order valence-electron chi connectivity index (χ3n) is 4.54. The summed E-state index contributed by atoms with van der Waals surface area (Å²) in [6.07, 6.45) is 3.21. The summed E-state index contributed by atoms with van der Waals surface area (Å²) >= 11 is 1.39. The van der Waals surface area contributed by atoms with E-state index in [-0.39, 0.29) is 5.91 Å². The van der Waals surface area contributed by atoms with Crippen LogP contribution in [-0.4, -0.2) is 22.4 Å². The van der Waals surface area contributed by atoms with Gasteiger partial charge in [0.05, 0.1) is 37.9 Å². The van der Waals surface area contributed by atoms with Gasteiger partial charge in [-0.1, -0.05) is 0 Å². The number of thiazole rings is 1. The first-order valence-electron chi connectivity index (χ1n) is 9.68. The predicted octanol–water partition coefficient (Wildman–Crippen LogP) is 5.55. The molecule has 0 N–H and O–H groups in total. The molecule has 0 radical (unpaired) electrons. The summed E-state index contributed by atoms with van der Waals surface area (Å²) in [5.41, 5.74) is 1.66. The van der Waals surface area contributed by atoms with Crippen molar-refractivity contribution in [2.75, 3.05) is 6.61 Å². The van der Waals surface area contributed by atoms with Crippen LogP contribution in [0, 0.1) is 6.92 Å². The number of hydrogen-bond acceptors (Lipinski definition) is 6. The van der Waals surface area contributed by atoms with Crippen molar-refractivity contribution in [3.63, 3.8) is 0 Å². The number of amides is 1. The molecular formula is C23H22N2O4S. The van der Waals surface area contributed by atoms with Gasteiger partial charge in [-0.3, -0.25) is 4.79 Å². The Kier molecular flexibility index (Phi) is 5.99. The van der Waals surface area contributed by atoms with E-state index in [2.05, 4.69) is 4.98 Å². The highest BCUT2D eigenvalue weighted by atomic mass is 32.1. The maximum atomic E-state index is 13.4. The fraction of sp³-hybridized carbons (Fsp3) is 0.217. The molecule has 0 aliphatic heterocycles. The largest absolute Gasteiger partial charge is 0.494 e. The second-order valence-corrected chi connectivity index (χ2v) is 7.71. The molecule has 1 aromatic carbocycles. The summed E-state index contributed by atoms with van der Waals surface area (Å²) in [6.45, 7) is 5.13. The standard InChI is InChI=1S/C23H22N2O4S/c1-3-27-18-10-8-17(9-11-18)22-24-16(2)21(30-22)23(26)25(14-19-6-4-12-28-19)15-20-7-5-13-29-20/h4-13H,3,14-15H2,1-2H3. The van der Waals surface area contributed by atoms with Crippen LogP contribution in [-0.2, 0) is 13.1 Å². The molecule has 0 atom stereocenters. The van der Waals surface area contributed by atoms with Crippen LogP contribution in [0.15, 0.2) is 69.9 Å². The lowest BCUT2D eigenvalue weighted by Gasteiger charge is -2.20. The number of carbonyl (C=O) groups is 1. The van der Waals surface area contributed by atoms with E-state index in [1.807, 2.05) is 62.4 Å². The van der Waals surface area contributed by atoms with E-state index >= 15 is 0 Å². The van der Waals surface area contributed by atoms with Gasteiger partial charge in [0.1, 0.15) is 27.2 Å². The number of carbonyl (C=O) groups excluding carboxylic acids is 1. The summed E-state index contributed by atoms with van der Waals surface area (Å²) in [5, 5.41) is 0.801. The number of aryl methyl sites for hydroxylation is 1. The number of furan rings is 2. The number of benzene rings is 1. The van der Waals surface area contributed by atoms with Gasteiger partial charge in [-0.25, -0.2) is 4.98 Å². The van der Waals surface area contributed by atoms with E-state index in [0.717, 1.165) is 16.3 Å². The van der Waals surface area contributed by atoms with Gasteiger partial charge in [0.25, 0.3) is 5.91 Å². The molecule has 0 saturated carbocycles. The van der Waals surface area contributed by atoms with Gasteiger partial charge in [-0.2, -0.15) is 0 Å². The van der Waals surface area contributed by atoms with Crippen LogP contribution in [0.5, 0.6) is 5.75 Å². The Morgan fingerprint density at radius 3 is 2.20 bits per heavy atom. The Bertz CT molecular complexity index is 1050. The molecule has 4 aromatic rings. The molecule has 0 spiro atoms. The Morgan fingerprint density at radius 1 is 1.03 bits per heavy atom. The van der Waals surface area contributed by atoms with Crippen molar-refractivity contribution in [2.45, 2.75) is 26.9 Å². The zero-order valence-corrected chi connectivity index (χ0v) is 17.6. The Morgan fingerprint density at radius 2 is 1.67 bits per heavy atom. The lowest BCUT2D eigenvalue weighted by molar-refractivity contribution is 0.0709. The quantitative estimate of drug-likeness (QED) is 0.373. The van der Waals surface area contributed by atoms with E-state index in [9.17, 15) is 4.79 Å². The summed E-state index contributed by atoms with van der Waals surface area (Å²) in [5.74, 6) is 2.14. The van der Waals surface area contributed by atoms with E-state index in [0.29, 0.717) is 41.8 Å². The highest BCUT2D eigenvalue weighted by molar-refractivity contribution is 7.17. The van der Waals surface area contributed by atoms with Gasteiger partial charge in [-0.15, -0.1) is 11.3 Å². The second-order valence-electron chi connectivity index (χ2n) is 6.71. The first kappa shape index (κ1) is 20.0. The molecule has 1 amide bonds. The van der Waals surface area contributed by atoms with Gasteiger partial charge in [0.2, 0.25) is 0 Å². The third kappa shape index (κ3) is 4.46. The molecule has 7 heteroatoms. The van der Waals surface area contributed by atoms with Crippen molar-refractivity contribution in [1.82, 2.24) is 9.88 Å². The van der Waals surface area contributed by atoms with Crippen molar-refractivity contribution in [1.29, 1.82) is 0 Å². The summed E-state index contributed by atoms with van der Waals surface area (Å²) in [4.78, 5) is 20.3. The molecule has 3 aromatic heterocycles. The normalized spacial score (nSPS) is 10.9. The number of hydrogen-bond donors (Lipinski definition) is 0. The van der Waals surface area contributed by atoms with Crippen LogP contribution >= 0.6 is 11.3 Å². The zero-order chi connectivity index (χ0) is 20.9. The number of rotatable bonds is 8. The Balaban J connectivity index is 1.59. The van der Waals surface area contributed by atoms with Crippen LogP contribution in [0.25, 0.3) is 10.6 Å². The molecule has 3 heterocycles. The first-order chi connectivity index (χ1) is 14.6. The van der Waals surface area contributed by atoms with Crippen LogP contribution in [0.2, 0.25) is 0 Å². The summed E-state index contributed by atoms with van der Waals surface area (Å²) in [6, 6.07) is 15.1. The van der Waals surface area contributed by atoms with E-state index in [1.165, 1.54) is 11.3 Å². The van der Waals surface area contributed by atoms with Gasteiger partial charge in [-0.05, 0) is 62.4 Å². The van der Waals surface area contributed by atoms with Crippen molar-refractivity contribution in [2.24, 2.45) is 0 Å². The fourth-order valence-electron chi connectivity index (χ4n) is 3.10. The second kappa shape index (κ2) is 9.00. The minimum Gasteiger partial charge on any atom is -0.494 e. The van der Waals surface area contributed by atoms with Crippen LogP contribution in [0.3, 0.4) is 0 Å². The average molecular weight is 423 g/mol. The Hall–Kier alpha value is -3.32. The molecule has 0 aliphatic carbocycles. The lowest BCUT2D eigenvalue weighted by atomic mass is 10.2. The first-order valence-corrected chi connectivity index (χ1v) is 10.5. The molecule has 6 nitrogen and oxygen atoms in total. The van der Waals surface area contributed by atoms with Gasteiger partial charge < -0.3 is 18.5 Å². The minimum absolute atomic E-state index is 0.102. The van der Waals surface area contributed by atoms with Crippen LogP contribution < -0.4 is 4.74 Å². The Labute approximate surface area is 178 Å². The molecule has 30 heavy (non-hydrogen) atoms. The highest BCUT2D eigenvalue weighted by Crippen LogP contribution is 2.30. The SMILES string of the molecule is CCOc1ccc(-c2nc(C)c(C(=O)N(Cc3ccco3)Cc3ccco3)s2)cc1. The van der Waals surface area contributed by atoms with Crippen LogP contribution in [0.4, 0.5) is 0 Å². The average Bonchev–Trinajstić information content (AvgIpc) is 3.51. The van der Waals surface area contributed by atoms with Crippen molar-refractivity contribution in [3.8, 4) is 16.3 Å². The number of nitrogens with zero attached hydrogens (tertiary/aromatic N) is 2. The van der Waals surface area contributed by atoms with Crippen molar-refractivity contribution >= 4 is 17.2 Å². The third-order valence-corrected chi connectivity index (χ3v) is 5.74. The molecule has 0 fully saturated rings. The van der Waals surface area contributed by atoms with Gasteiger partial charge in [0, 0.05) is 5.56 Å². The monoisotopic (exact) mass is 422 g/mol. The molecule has 0 unspecified atom stereocenters. The lowest BCUT2D eigenvalue weighted by Crippen LogP contribution is -2.29. The maximum absolute atomic E-state index is 13.4. The molecule has 0 aliphatic rings. The zero-order valence-electron chi connectivity index (χ0n) is 16.8. The van der Waals surface area contributed by atoms with Crippen molar-refractivity contribution < 1.29 is 18.4 Å². The minimum atomic E-state index is -0.102. The number of ether oxygens (including phenoxy) is 1. The summed E-state index contributed by atoms with van der Waals surface area (Å²) in [7, 11) is 0. The molecule has 154 valence electrons. The van der Waals surface area contributed by atoms with Gasteiger partial charge >= 0.3 is 0 Å². The fourth-order valence-corrected chi connectivity index (χ4v) is 4.14. The smallest absolute Gasteiger partial charge is 0.266 e. The number of aromatic nitrogens is 1. The van der Waals surface area contributed by atoms with E-state index in [4.69, 9.17) is 13.6 Å². The van der Waals surface area contributed by atoms with Crippen LogP contribution in [0.1, 0.15) is 33.8 Å². The molecule has 0 saturated heterocycles. The van der Waals surface area contributed by atoms with E-state index < -0.39 is 0 Å².